The van der Waals surface area contributed by atoms with Crippen molar-refractivity contribution in [3.8, 4) is 17.4 Å². The van der Waals surface area contributed by atoms with Crippen LogP contribution in [0.2, 0.25) is 0 Å². The van der Waals surface area contributed by atoms with Crippen LogP contribution in [0.3, 0.4) is 0 Å². The Balaban J connectivity index is 1.59. The number of anilines is 1. The van der Waals surface area contributed by atoms with Crippen LogP contribution in [-0.2, 0) is 22.4 Å². The van der Waals surface area contributed by atoms with E-state index in [1.165, 1.54) is 23.5 Å². The van der Waals surface area contributed by atoms with E-state index in [1.807, 2.05) is 6.07 Å². The van der Waals surface area contributed by atoms with Gasteiger partial charge in [0.2, 0.25) is 0 Å². The standard InChI is InChI=1S/C27H24N2O6S/c1-3-34-27(33)23-20-6-4-5-7-22(20)36-25(23)29-24(30)17(14-28)13-18-9-11-21(35-18)19-10-8-16(26(31)32)12-15(19)2/h8-13H,3-7H2,1-2H3,(H,29,30)(H,31,32)/b17-13+. The third-order valence-electron chi connectivity index (χ3n) is 5.90. The maximum absolute atomic E-state index is 13.0. The van der Waals surface area contributed by atoms with Crippen molar-refractivity contribution in [2.24, 2.45) is 0 Å². The number of rotatable bonds is 7. The molecule has 0 radical (unpaired) electrons. The van der Waals surface area contributed by atoms with Crippen LogP contribution in [0.25, 0.3) is 17.4 Å². The number of hydrogen-bond acceptors (Lipinski definition) is 7. The maximum atomic E-state index is 13.0. The number of benzene rings is 1. The minimum atomic E-state index is -1.02. The van der Waals surface area contributed by atoms with Gasteiger partial charge in [0.15, 0.2) is 0 Å². The van der Waals surface area contributed by atoms with Gasteiger partial charge in [0.05, 0.1) is 17.7 Å². The first-order chi connectivity index (χ1) is 17.3. The molecule has 0 saturated carbocycles. The summed E-state index contributed by atoms with van der Waals surface area (Å²) in [6.07, 6.45) is 4.90. The Morgan fingerprint density at radius 2 is 2.00 bits per heavy atom. The molecule has 0 bridgehead atoms. The van der Waals surface area contributed by atoms with Crippen molar-refractivity contribution >= 4 is 40.3 Å². The van der Waals surface area contributed by atoms with Crippen molar-refractivity contribution in [1.82, 2.24) is 0 Å². The number of nitriles is 1. The van der Waals surface area contributed by atoms with E-state index in [4.69, 9.17) is 14.3 Å². The van der Waals surface area contributed by atoms with E-state index in [1.54, 1.807) is 38.1 Å². The van der Waals surface area contributed by atoms with Crippen LogP contribution in [0.1, 0.15) is 62.2 Å². The van der Waals surface area contributed by atoms with Gasteiger partial charge in [0, 0.05) is 16.5 Å². The molecule has 2 heterocycles. The second-order valence-electron chi connectivity index (χ2n) is 8.30. The number of amides is 1. The second-order valence-corrected chi connectivity index (χ2v) is 9.40. The van der Waals surface area contributed by atoms with Crippen LogP contribution in [0.5, 0.6) is 0 Å². The Kier molecular flexibility index (Phi) is 7.36. The molecule has 3 aromatic rings. The number of esters is 1. The molecule has 0 atom stereocenters. The molecule has 8 nitrogen and oxygen atoms in total. The average Bonchev–Trinajstić information content (AvgIpc) is 3.46. The van der Waals surface area contributed by atoms with Gasteiger partial charge in [0.1, 0.15) is 28.2 Å². The Bertz CT molecular complexity index is 1420. The molecular formula is C27H24N2O6S. The number of aryl methyl sites for hydroxylation is 2. The highest BCUT2D eigenvalue weighted by molar-refractivity contribution is 7.17. The van der Waals surface area contributed by atoms with Crippen molar-refractivity contribution < 1.29 is 28.6 Å². The molecule has 1 aliphatic rings. The predicted octanol–water partition coefficient (Wildman–Crippen LogP) is 5.62. The summed E-state index contributed by atoms with van der Waals surface area (Å²) in [5, 5.41) is 21.9. The van der Waals surface area contributed by atoms with Gasteiger partial charge in [-0.1, -0.05) is 6.07 Å². The van der Waals surface area contributed by atoms with Crippen LogP contribution >= 0.6 is 11.3 Å². The third kappa shape index (κ3) is 5.09. The fourth-order valence-corrected chi connectivity index (χ4v) is 5.46. The van der Waals surface area contributed by atoms with E-state index >= 15 is 0 Å². The Morgan fingerprint density at radius 3 is 2.69 bits per heavy atom. The molecule has 2 N–H and O–H groups in total. The zero-order chi connectivity index (χ0) is 25.8. The molecule has 1 amide bonds. The summed E-state index contributed by atoms with van der Waals surface area (Å²) in [6, 6.07) is 9.89. The van der Waals surface area contributed by atoms with Crippen LogP contribution < -0.4 is 5.32 Å². The number of carbonyl (C=O) groups is 3. The van der Waals surface area contributed by atoms with Crippen molar-refractivity contribution in [3.05, 3.63) is 68.8 Å². The van der Waals surface area contributed by atoms with Gasteiger partial charge in [-0.05, 0) is 74.9 Å². The van der Waals surface area contributed by atoms with E-state index in [2.05, 4.69) is 5.32 Å². The monoisotopic (exact) mass is 504 g/mol. The van der Waals surface area contributed by atoms with Gasteiger partial charge in [-0.15, -0.1) is 11.3 Å². The highest BCUT2D eigenvalue weighted by Gasteiger charge is 2.28. The van der Waals surface area contributed by atoms with Gasteiger partial charge < -0.3 is 19.6 Å². The normalized spacial score (nSPS) is 13.0. The summed E-state index contributed by atoms with van der Waals surface area (Å²) in [5.74, 6) is -1.38. The third-order valence-corrected chi connectivity index (χ3v) is 7.10. The zero-order valence-electron chi connectivity index (χ0n) is 19.8. The smallest absolute Gasteiger partial charge is 0.341 e. The number of fused-ring (bicyclic) bond motifs is 1. The van der Waals surface area contributed by atoms with Gasteiger partial charge in [0.25, 0.3) is 5.91 Å². The maximum Gasteiger partial charge on any atom is 0.341 e. The van der Waals surface area contributed by atoms with E-state index in [0.717, 1.165) is 36.1 Å². The average molecular weight is 505 g/mol. The Hall–Kier alpha value is -4.16. The lowest BCUT2D eigenvalue weighted by atomic mass is 9.95. The summed E-state index contributed by atoms with van der Waals surface area (Å²) < 4.78 is 11.0. The molecule has 0 spiro atoms. The van der Waals surface area contributed by atoms with Crippen LogP contribution in [-0.4, -0.2) is 29.6 Å². The first kappa shape index (κ1) is 24.9. The number of furan rings is 1. The van der Waals surface area contributed by atoms with Crippen LogP contribution in [0.15, 0.2) is 40.3 Å². The highest BCUT2D eigenvalue weighted by Crippen LogP contribution is 2.39. The number of carboxylic acids is 1. The van der Waals surface area contributed by atoms with Crippen molar-refractivity contribution in [3.63, 3.8) is 0 Å². The molecular weight excluding hydrogens is 480 g/mol. The first-order valence-electron chi connectivity index (χ1n) is 11.5. The van der Waals surface area contributed by atoms with Gasteiger partial charge in [-0.3, -0.25) is 4.79 Å². The summed E-state index contributed by atoms with van der Waals surface area (Å²) >= 11 is 1.35. The summed E-state index contributed by atoms with van der Waals surface area (Å²) in [4.78, 5) is 37.9. The fraction of sp³-hybridized carbons (Fsp3) is 0.259. The van der Waals surface area contributed by atoms with Crippen molar-refractivity contribution in [1.29, 1.82) is 5.26 Å². The number of carboxylic acid groups (broad SMARTS) is 1. The quantitative estimate of drug-likeness (QED) is 0.243. The summed E-state index contributed by atoms with van der Waals surface area (Å²) in [6.45, 7) is 3.72. The molecule has 0 unspecified atom stereocenters. The molecule has 9 heteroatoms. The van der Waals surface area contributed by atoms with Crippen LogP contribution in [0, 0.1) is 18.3 Å². The predicted molar refractivity (Wildman–Crippen MR) is 135 cm³/mol. The minimum Gasteiger partial charge on any atom is -0.478 e. The first-order valence-corrected chi connectivity index (χ1v) is 12.3. The molecule has 1 aromatic carbocycles. The lowest BCUT2D eigenvalue weighted by molar-refractivity contribution is -0.112. The number of nitrogens with zero attached hydrogens (tertiary/aromatic N) is 1. The van der Waals surface area contributed by atoms with Gasteiger partial charge >= 0.3 is 11.9 Å². The van der Waals surface area contributed by atoms with E-state index in [9.17, 15) is 19.6 Å². The molecule has 0 aliphatic heterocycles. The topological polar surface area (TPSA) is 130 Å². The van der Waals surface area contributed by atoms with E-state index in [0.29, 0.717) is 27.5 Å². The van der Waals surface area contributed by atoms with Crippen LogP contribution in [0.4, 0.5) is 5.00 Å². The number of thiophene rings is 1. The van der Waals surface area contributed by atoms with Crippen molar-refractivity contribution in [2.75, 3.05) is 11.9 Å². The van der Waals surface area contributed by atoms with Gasteiger partial charge in [-0.25, -0.2) is 9.59 Å². The minimum absolute atomic E-state index is 0.170. The molecule has 184 valence electrons. The number of hydrogen-bond donors (Lipinski definition) is 2. The number of carbonyl (C=O) groups excluding carboxylic acids is 2. The van der Waals surface area contributed by atoms with Crippen molar-refractivity contribution in [2.45, 2.75) is 39.5 Å². The lowest BCUT2D eigenvalue weighted by Crippen LogP contribution is -2.16. The SMILES string of the molecule is CCOC(=O)c1c(NC(=O)/C(C#N)=C/c2ccc(-c3ccc(C(=O)O)cc3C)o2)sc2c1CCCC2. The fourth-order valence-electron chi connectivity index (χ4n) is 4.18. The zero-order valence-corrected chi connectivity index (χ0v) is 20.7. The Labute approximate surface area is 211 Å². The van der Waals surface area contributed by atoms with E-state index in [-0.39, 0.29) is 23.5 Å². The summed E-state index contributed by atoms with van der Waals surface area (Å²) in [7, 11) is 0. The molecule has 2 aromatic heterocycles. The molecule has 1 aliphatic carbocycles. The summed E-state index contributed by atoms with van der Waals surface area (Å²) in [5.41, 5.74) is 2.70. The largest absolute Gasteiger partial charge is 0.478 e. The number of ether oxygens (including phenoxy) is 1. The Morgan fingerprint density at radius 1 is 1.22 bits per heavy atom. The molecule has 36 heavy (non-hydrogen) atoms. The molecule has 0 fully saturated rings. The number of nitrogens with one attached hydrogen (secondary N) is 1. The highest BCUT2D eigenvalue weighted by atomic mass is 32.1. The van der Waals surface area contributed by atoms with E-state index < -0.39 is 17.8 Å². The second kappa shape index (κ2) is 10.6. The number of aromatic carboxylic acids is 1. The van der Waals surface area contributed by atoms with Gasteiger partial charge in [-0.2, -0.15) is 5.26 Å². The molecule has 4 rings (SSSR count). The lowest BCUT2D eigenvalue weighted by Gasteiger charge is -2.12. The molecule has 0 saturated heterocycles.